The van der Waals surface area contributed by atoms with Crippen LogP contribution in [0.3, 0.4) is 0 Å². The summed E-state index contributed by atoms with van der Waals surface area (Å²) in [6.07, 6.45) is 7.67. The van der Waals surface area contributed by atoms with Gasteiger partial charge in [-0.2, -0.15) is 0 Å². The van der Waals surface area contributed by atoms with Crippen LogP contribution in [0.5, 0.6) is 17.2 Å². The van der Waals surface area contributed by atoms with E-state index in [2.05, 4.69) is 6.92 Å². The van der Waals surface area contributed by atoms with Crippen molar-refractivity contribution in [1.29, 1.82) is 0 Å². The first-order chi connectivity index (χ1) is 13.9. The third-order valence-corrected chi connectivity index (χ3v) is 5.08. The monoisotopic (exact) mass is 416 g/mol. The summed E-state index contributed by atoms with van der Waals surface area (Å²) >= 11 is 6.15. The minimum Gasteiger partial charge on any atom is -0.493 e. The van der Waals surface area contributed by atoms with Crippen molar-refractivity contribution in [2.75, 3.05) is 13.7 Å². The van der Waals surface area contributed by atoms with E-state index in [-0.39, 0.29) is 0 Å². The molecule has 5 heteroatoms. The fourth-order valence-corrected chi connectivity index (χ4v) is 3.01. The number of halogens is 1. The van der Waals surface area contributed by atoms with E-state index in [4.69, 9.17) is 25.8 Å². The number of carbonyl (C=O) groups is 1. The Balaban J connectivity index is 1.98. The number of hydrogen-bond donors (Lipinski definition) is 0. The Labute approximate surface area is 178 Å². The number of methoxy groups -OCH3 is 1. The highest BCUT2D eigenvalue weighted by Gasteiger charge is 2.08. The summed E-state index contributed by atoms with van der Waals surface area (Å²) in [6, 6.07) is 9.06. The Hall–Kier alpha value is -2.46. The van der Waals surface area contributed by atoms with Crippen LogP contribution in [0.15, 0.2) is 36.4 Å². The first-order valence-electron chi connectivity index (χ1n) is 9.92. The van der Waals surface area contributed by atoms with Gasteiger partial charge in [0.1, 0.15) is 5.75 Å². The summed E-state index contributed by atoms with van der Waals surface area (Å²) in [6.45, 7) is 6.60. The Morgan fingerprint density at radius 1 is 1.03 bits per heavy atom. The molecule has 0 saturated carbocycles. The largest absolute Gasteiger partial charge is 0.493 e. The fourth-order valence-electron chi connectivity index (χ4n) is 2.90. The SMILES string of the molecule is CCCCCCOc1ccc(/C=C/C(=O)Oc2cc(C)c(Cl)c(C)c2)cc1OC. The molecule has 2 aromatic carbocycles. The van der Waals surface area contributed by atoms with Gasteiger partial charge in [-0.25, -0.2) is 4.79 Å². The van der Waals surface area contributed by atoms with Crippen molar-refractivity contribution in [3.63, 3.8) is 0 Å². The summed E-state index contributed by atoms with van der Waals surface area (Å²) in [5, 5.41) is 0.681. The van der Waals surface area contributed by atoms with Gasteiger partial charge in [-0.05, 0) is 67.3 Å². The third kappa shape index (κ3) is 7.13. The van der Waals surface area contributed by atoms with E-state index in [1.807, 2.05) is 32.0 Å². The fraction of sp³-hybridized carbons (Fsp3) is 0.375. The average Bonchev–Trinajstić information content (AvgIpc) is 2.70. The van der Waals surface area contributed by atoms with Crippen LogP contribution in [0, 0.1) is 13.8 Å². The maximum absolute atomic E-state index is 12.1. The van der Waals surface area contributed by atoms with E-state index < -0.39 is 5.97 Å². The molecule has 0 aliphatic rings. The van der Waals surface area contributed by atoms with E-state index in [9.17, 15) is 4.79 Å². The molecule has 156 valence electrons. The summed E-state index contributed by atoms with van der Waals surface area (Å²) in [4.78, 5) is 12.1. The summed E-state index contributed by atoms with van der Waals surface area (Å²) in [5.74, 6) is 1.36. The van der Waals surface area contributed by atoms with Crippen molar-refractivity contribution in [1.82, 2.24) is 0 Å². The highest BCUT2D eigenvalue weighted by atomic mass is 35.5. The van der Waals surface area contributed by atoms with Gasteiger partial charge in [0.15, 0.2) is 11.5 Å². The summed E-state index contributed by atoms with van der Waals surface area (Å²) in [5.41, 5.74) is 2.56. The molecule has 0 aliphatic carbocycles. The van der Waals surface area contributed by atoms with Gasteiger partial charge < -0.3 is 14.2 Å². The molecule has 0 amide bonds. The molecule has 2 rings (SSSR count). The number of hydrogen-bond acceptors (Lipinski definition) is 4. The first-order valence-corrected chi connectivity index (χ1v) is 10.3. The number of aryl methyl sites for hydroxylation is 2. The second-order valence-electron chi connectivity index (χ2n) is 6.94. The maximum atomic E-state index is 12.1. The van der Waals surface area contributed by atoms with Crippen molar-refractivity contribution >= 4 is 23.6 Å². The number of rotatable bonds is 10. The predicted molar refractivity (Wildman–Crippen MR) is 118 cm³/mol. The molecular weight excluding hydrogens is 388 g/mol. The van der Waals surface area contributed by atoms with Gasteiger partial charge in [-0.3, -0.25) is 0 Å². The van der Waals surface area contributed by atoms with Crippen molar-refractivity contribution in [2.24, 2.45) is 0 Å². The maximum Gasteiger partial charge on any atom is 0.336 e. The lowest BCUT2D eigenvalue weighted by molar-refractivity contribution is -0.128. The number of benzene rings is 2. The molecule has 0 aliphatic heterocycles. The van der Waals surface area contributed by atoms with Crippen molar-refractivity contribution in [3.05, 3.63) is 58.1 Å². The van der Waals surface area contributed by atoms with Crippen LogP contribution in [0.4, 0.5) is 0 Å². The number of unbranched alkanes of at least 4 members (excludes halogenated alkanes) is 3. The predicted octanol–water partition coefficient (Wildman–Crippen LogP) is 6.54. The molecule has 0 aromatic heterocycles. The van der Waals surface area contributed by atoms with Gasteiger partial charge in [0.05, 0.1) is 13.7 Å². The highest BCUT2D eigenvalue weighted by Crippen LogP contribution is 2.29. The Kier molecular flexibility index (Phi) is 9.07. The Bertz CT molecular complexity index is 835. The topological polar surface area (TPSA) is 44.8 Å². The van der Waals surface area contributed by atoms with Crippen molar-refractivity contribution in [2.45, 2.75) is 46.5 Å². The van der Waals surface area contributed by atoms with E-state index in [0.29, 0.717) is 28.9 Å². The molecule has 0 atom stereocenters. The van der Waals surface area contributed by atoms with Gasteiger partial charge in [0.25, 0.3) is 0 Å². The molecular formula is C24H29ClO4. The Morgan fingerprint density at radius 2 is 1.76 bits per heavy atom. The van der Waals surface area contributed by atoms with Crippen LogP contribution in [0.1, 0.15) is 49.3 Å². The molecule has 0 saturated heterocycles. The lowest BCUT2D eigenvalue weighted by Gasteiger charge is -2.11. The van der Waals surface area contributed by atoms with E-state index in [1.165, 1.54) is 18.9 Å². The molecule has 2 aromatic rings. The van der Waals surface area contributed by atoms with Crippen molar-refractivity contribution in [3.8, 4) is 17.2 Å². The molecule has 0 radical (unpaired) electrons. The van der Waals surface area contributed by atoms with Crippen LogP contribution in [0.2, 0.25) is 5.02 Å². The van der Waals surface area contributed by atoms with E-state index >= 15 is 0 Å². The van der Waals surface area contributed by atoms with E-state index in [0.717, 1.165) is 29.5 Å². The van der Waals surface area contributed by atoms with Crippen LogP contribution in [0.25, 0.3) is 6.08 Å². The second kappa shape index (κ2) is 11.5. The molecule has 0 fully saturated rings. The molecule has 0 N–H and O–H groups in total. The van der Waals surface area contributed by atoms with Crippen molar-refractivity contribution < 1.29 is 19.0 Å². The standard InChI is InChI=1S/C24H29ClO4/c1-5-6-7-8-13-28-21-11-9-19(16-22(21)27-4)10-12-23(26)29-20-14-17(2)24(25)18(3)15-20/h9-12,14-16H,5-8,13H2,1-4H3/b12-10+. The molecule has 0 spiro atoms. The lowest BCUT2D eigenvalue weighted by atomic mass is 10.1. The van der Waals surface area contributed by atoms with Crippen LogP contribution in [-0.2, 0) is 4.79 Å². The van der Waals surface area contributed by atoms with Crippen LogP contribution in [-0.4, -0.2) is 19.7 Å². The summed E-state index contributed by atoms with van der Waals surface area (Å²) in [7, 11) is 1.60. The first kappa shape index (κ1) is 22.8. The zero-order valence-electron chi connectivity index (χ0n) is 17.6. The normalized spacial score (nSPS) is 10.9. The minimum absolute atomic E-state index is 0.457. The molecule has 0 unspecified atom stereocenters. The number of ether oxygens (including phenoxy) is 3. The van der Waals surface area contributed by atoms with E-state index in [1.54, 1.807) is 25.3 Å². The summed E-state index contributed by atoms with van der Waals surface area (Å²) < 4.78 is 16.6. The van der Waals surface area contributed by atoms with Gasteiger partial charge in [-0.1, -0.05) is 43.9 Å². The third-order valence-electron chi connectivity index (χ3n) is 4.48. The van der Waals surface area contributed by atoms with Crippen LogP contribution >= 0.6 is 11.6 Å². The lowest BCUT2D eigenvalue weighted by Crippen LogP contribution is -2.04. The van der Waals surface area contributed by atoms with Crippen LogP contribution < -0.4 is 14.2 Å². The molecule has 0 heterocycles. The van der Waals surface area contributed by atoms with Gasteiger partial charge in [-0.15, -0.1) is 0 Å². The highest BCUT2D eigenvalue weighted by molar-refractivity contribution is 6.32. The Morgan fingerprint density at radius 3 is 2.41 bits per heavy atom. The zero-order chi connectivity index (χ0) is 21.2. The van der Waals surface area contributed by atoms with Gasteiger partial charge in [0.2, 0.25) is 0 Å². The molecule has 4 nitrogen and oxygen atoms in total. The number of carbonyl (C=O) groups excluding carboxylic acids is 1. The number of esters is 1. The smallest absolute Gasteiger partial charge is 0.336 e. The molecule has 0 bridgehead atoms. The minimum atomic E-state index is -0.457. The van der Waals surface area contributed by atoms with Gasteiger partial charge in [0, 0.05) is 11.1 Å². The quantitative estimate of drug-likeness (QED) is 0.191. The second-order valence-corrected chi connectivity index (χ2v) is 7.32. The molecule has 29 heavy (non-hydrogen) atoms. The van der Waals surface area contributed by atoms with Gasteiger partial charge >= 0.3 is 5.97 Å². The zero-order valence-corrected chi connectivity index (χ0v) is 18.3. The average molecular weight is 417 g/mol.